The van der Waals surface area contributed by atoms with Gasteiger partial charge in [0, 0.05) is 6.20 Å². The first kappa shape index (κ1) is 9.88. The highest BCUT2D eigenvalue weighted by atomic mass is 16.5. The Morgan fingerprint density at radius 2 is 1.91 bits per heavy atom. The number of aromatic nitrogens is 2. The van der Waals surface area contributed by atoms with Gasteiger partial charge in [-0.15, -0.1) is 0 Å². The van der Waals surface area contributed by atoms with E-state index in [0.29, 0.717) is 5.88 Å². The normalized spacial score (nSPS) is 8.00. The first-order valence-electron chi connectivity index (χ1n) is 3.65. The lowest BCUT2D eigenvalue weighted by molar-refractivity contribution is 0.394. The number of hydrogen-bond acceptors (Lipinski definition) is 3. The second-order valence-corrected chi connectivity index (χ2v) is 1.70. The molecule has 1 aromatic rings. The van der Waals surface area contributed by atoms with E-state index < -0.39 is 0 Å². The van der Waals surface area contributed by atoms with E-state index in [1.54, 1.807) is 19.5 Å². The first-order valence-corrected chi connectivity index (χ1v) is 3.65. The molecule has 0 atom stereocenters. The predicted molar refractivity (Wildman–Crippen MR) is 44.7 cm³/mol. The van der Waals surface area contributed by atoms with Crippen molar-refractivity contribution in [3.8, 4) is 5.88 Å². The van der Waals surface area contributed by atoms with Gasteiger partial charge in [-0.05, 0) is 6.92 Å². The molecule has 0 saturated carbocycles. The maximum Gasteiger partial charge on any atom is 0.232 e. The fourth-order valence-corrected chi connectivity index (χ4v) is 0.539. The Kier molecular flexibility index (Phi) is 5.07. The molecule has 1 rings (SSSR count). The lowest BCUT2D eigenvalue weighted by Gasteiger charge is -1.95. The molecule has 0 N–H and O–H groups in total. The summed E-state index contributed by atoms with van der Waals surface area (Å²) in [6.45, 7) is 5.87. The van der Waals surface area contributed by atoms with E-state index in [2.05, 4.69) is 9.97 Å². The van der Waals surface area contributed by atoms with Gasteiger partial charge in [-0.3, -0.25) is 4.98 Å². The summed E-state index contributed by atoms with van der Waals surface area (Å²) in [5.41, 5.74) is 0.870. The molecular formula is C8H14N2O. The van der Waals surface area contributed by atoms with Crippen molar-refractivity contribution in [3.63, 3.8) is 0 Å². The first-order chi connectivity index (χ1) is 5.33. The largest absolute Gasteiger partial charge is 0.480 e. The molecular weight excluding hydrogens is 140 g/mol. The Bertz CT molecular complexity index is 201. The van der Waals surface area contributed by atoms with Crippen LogP contribution >= 0.6 is 0 Å². The zero-order valence-corrected chi connectivity index (χ0v) is 7.46. The number of nitrogens with zero attached hydrogens (tertiary/aromatic N) is 2. The van der Waals surface area contributed by atoms with Gasteiger partial charge in [0.05, 0.1) is 19.0 Å². The van der Waals surface area contributed by atoms with E-state index in [-0.39, 0.29) is 0 Å². The molecule has 3 heteroatoms. The summed E-state index contributed by atoms with van der Waals surface area (Å²) in [5.74, 6) is 0.565. The van der Waals surface area contributed by atoms with Crippen LogP contribution in [0.1, 0.15) is 19.5 Å². The summed E-state index contributed by atoms with van der Waals surface area (Å²) >= 11 is 0. The molecule has 11 heavy (non-hydrogen) atoms. The van der Waals surface area contributed by atoms with Crippen molar-refractivity contribution in [2.75, 3.05) is 7.11 Å². The zero-order valence-electron chi connectivity index (χ0n) is 7.46. The SMILES string of the molecule is CC.COc1cncc(C)n1. The smallest absolute Gasteiger partial charge is 0.232 e. The fraction of sp³-hybridized carbons (Fsp3) is 0.500. The van der Waals surface area contributed by atoms with E-state index in [0.717, 1.165) is 5.69 Å². The molecule has 0 amide bonds. The van der Waals surface area contributed by atoms with Crippen molar-refractivity contribution < 1.29 is 4.74 Å². The minimum Gasteiger partial charge on any atom is -0.480 e. The van der Waals surface area contributed by atoms with Crippen molar-refractivity contribution in [2.24, 2.45) is 0 Å². The molecule has 0 aliphatic carbocycles. The van der Waals surface area contributed by atoms with Crippen LogP contribution < -0.4 is 4.74 Å². The third-order valence-electron chi connectivity index (χ3n) is 0.942. The van der Waals surface area contributed by atoms with Crippen LogP contribution in [0.5, 0.6) is 5.88 Å². The van der Waals surface area contributed by atoms with Gasteiger partial charge < -0.3 is 4.74 Å². The molecule has 1 heterocycles. The second kappa shape index (κ2) is 5.65. The number of aryl methyl sites for hydroxylation is 1. The average Bonchev–Trinajstić information content (AvgIpc) is 2.08. The predicted octanol–water partition coefficient (Wildman–Crippen LogP) is 1.82. The molecule has 0 saturated heterocycles. The standard InChI is InChI=1S/C6H8N2O.C2H6/c1-5-3-7-4-6(8-5)9-2;1-2/h3-4H,1-2H3;1-2H3. The van der Waals surface area contributed by atoms with Crippen LogP contribution in [0.4, 0.5) is 0 Å². The van der Waals surface area contributed by atoms with E-state index in [9.17, 15) is 0 Å². The van der Waals surface area contributed by atoms with E-state index >= 15 is 0 Å². The van der Waals surface area contributed by atoms with E-state index in [1.807, 2.05) is 20.8 Å². The van der Waals surface area contributed by atoms with Crippen LogP contribution in [-0.2, 0) is 0 Å². The Balaban J connectivity index is 0.000000461. The van der Waals surface area contributed by atoms with E-state index in [4.69, 9.17) is 4.74 Å². The maximum absolute atomic E-state index is 4.82. The molecule has 0 bridgehead atoms. The van der Waals surface area contributed by atoms with Crippen molar-refractivity contribution in [2.45, 2.75) is 20.8 Å². The number of hydrogen-bond donors (Lipinski definition) is 0. The zero-order chi connectivity index (χ0) is 8.69. The Morgan fingerprint density at radius 1 is 1.27 bits per heavy atom. The highest BCUT2D eigenvalue weighted by Gasteiger charge is 1.89. The highest BCUT2D eigenvalue weighted by molar-refractivity contribution is 5.06. The van der Waals surface area contributed by atoms with Crippen molar-refractivity contribution in [1.29, 1.82) is 0 Å². The topological polar surface area (TPSA) is 35.0 Å². The average molecular weight is 154 g/mol. The third-order valence-corrected chi connectivity index (χ3v) is 0.942. The minimum absolute atomic E-state index is 0.565. The van der Waals surface area contributed by atoms with Crippen LogP contribution in [0, 0.1) is 6.92 Å². The Morgan fingerprint density at radius 3 is 2.27 bits per heavy atom. The summed E-state index contributed by atoms with van der Waals surface area (Å²) in [7, 11) is 1.57. The van der Waals surface area contributed by atoms with Crippen molar-refractivity contribution in [1.82, 2.24) is 9.97 Å². The third kappa shape index (κ3) is 3.55. The van der Waals surface area contributed by atoms with Gasteiger partial charge in [-0.25, -0.2) is 4.98 Å². The van der Waals surface area contributed by atoms with Crippen LogP contribution in [0.3, 0.4) is 0 Å². The summed E-state index contributed by atoms with van der Waals surface area (Å²) < 4.78 is 4.82. The maximum atomic E-state index is 4.82. The van der Waals surface area contributed by atoms with Crippen molar-refractivity contribution in [3.05, 3.63) is 18.1 Å². The van der Waals surface area contributed by atoms with Gasteiger partial charge in [0.25, 0.3) is 0 Å². The summed E-state index contributed by atoms with van der Waals surface area (Å²) in [4.78, 5) is 7.87. The molecule has 62 valence electrons. The van der Waals surface area contributed by atoms with Gasteiger partial charge in [-0.2, -0.15) is 0 Å². The van der Waals surface area contributed by atoms with Crippen LogP contribution in [0.25, 0.3) is 0 Å². The van der Waals surface area contributed by atoms with Crippen LogP contribution in [0.2, 0.25) is 0 Å². The van der Waals surface area contributed by atoms with Crippen LogP contribution in [0.15, 0.2) is 12.4 Å². The minimum atomic E-state index is 0.565. The van der Waals surface area contributed by atoms with Gasteiger partial charge in [0.1, 0.15) is 0 Å². The molecule has 0 unspecified atom stereocenters. The Labute approximate surface area is 67.4 Å². The number of rotatable bonds is 1. The Hall–Kier alpha value is -1.12. The van der Waals surface area contributed by atoms with Gasteiger partial charge in [0.2, 0.25) is 5.88 Å². The molecule has 0 radical (unpaired) electrons. The van der Waals surface area contributed by atoms with Crippen LogP contribution in [-0.4, -0.2) is 17.1 Å². The monoisotopic (exact) mass is 154 g/mol. The molecule has 3 nitrogen and oxygen atoms in total. The molecule has 0 aliphatic heterocycles. The van der Waals surface area contributed by atoms with E-state index in [1.165, 1.54) is 0 Å². The lowest BCUT2D eigenvalue weighted by atomic mass is 10.5. The number of ether oxygens (including phenoxy) is 1. The summed E-state index contributed by atoms with van der Waals surface area (Å²) in [6, 6.07) is 0. The molecule has 0 aromatic carbocycles. The van der Waals surface area contributed by atoms with Gasteiger partial charge in [0.15, 0.2) is 0 Å². The van der Waals surface area contributed by atoms with Gasteiger partial charge in [-0.1, -0.05) is 13.8 Å². The summed E-state index contributed by atoms with van der Waals surface area (Å²) in [6.07, 6.45) is 3.26. The van der Waals surface area contributed by atoms with Crippen molar-refractivity contribution >= 4 is 0 Å². The number of methoxy groups -OCH3 is 1. The summed E-state index contributed by atoms with van der Waals surface area (Å²) in [5, 5.41) is 0. The molecule has 0 aliphatic rings. The second-order valence-electron chi connectivity index (χ2n) is 1.70. The molecule has 0 spiro atoms. The lowest BCUT2D eigenvalue weighted by Crippen LogP contribution is -1.89. The quantitative estimate of drug-likeness (QED) is 0.619. The molecule has 0 fully saturated rings. The van der Waals surface area contributed by atoms with Gasteiger partial charge >= 0.3 is 0 Å². The fourth-order valence-electron chi connectivity index (χ4n) is 0.539. The molecule has 1 aromatic heterocycles. The highest BCUT2D eigenvalue weighted by Crippen LogP contribution is 2.01.